The van der Waals surface area contributed by atoms with Crippen LogP contribution in [0, 0.1) is 6.92 Å². The lowest BCUT2D eigenvalue weighted by Crippen LogP contribution is -2.13. The number of nitrogens with zero attached hydrogens (tertiary/aromatic N) is 3. The van der Waals surface area contributed by atoms with Gasteiger partial charge in [-0.05, 0) is 31.2 Å². The molecule has 0 bridgehead atoms. The largest absolute Gasteiger partial charge is 0.464 e. The molecule has 0 amide bonds. The number of benzene rings is 2. The maximum atomic E-state index is 12.7. The summed E-state index contributed by atoms with van der Waals surface area (Å²) in [6.07, 6.45) is 3.00. The molecule has 6 nitrogen and oxygen atoms in total. The molecule has 0 aliphatic rings. The van der Waals surface area contributed by atoms with Crippen LogP contribution in [0.1, 0.15) is 5.56 Å². The summed E-state index contributed by atoms with van der Waals surface area (Å²) in [7, 11) is -3.79. The molecule has 4 aromatic rings. The van der Waals surface area contributed by atoms with Crippen molar-refractivity contribution in [3.05, 3.63) is 78.7 Å². The van der Waals surface area contributed by atoms with Gasteiger partial charge < -0.3 is 4.42 Å². The van der Waals surface area contributed by atoms with E-state index in [4.69, 9.17) is 4.42 Å². The van der Waals surface area contributed by atoms with Crippen molar-refractivity contribution >= 4 is 10.0 Å². The van der Waals surface area contributed by atoms with Gasteiger partial charge in [-0.1, -0.05) is 47.2 Å². The van der Waals surface area contributed by atoms with Crippen LogP contribution >= 0.6 is 0 Å². The zero-order valence-corrected chi connectivity index (χ0v) is 14.7. The first-order valence-corrected chi connectivity index (χ1v) is 9.37. The van der Waals surface area contributed by atoms with Gasteiger partial charge in [-0.2, -0.15) is 8.42 Å². The molecule has 0 radical (unpaired) electrons. The van der Waals surface area contributed by atoms with Crippen molar-refractivity contribution in [3.8, 4) is 22.6 Å². The quantitative estimate of drug-likeness (QED) is 0.550. The monoisotopic (exact) mass is 365 g/mol. The second-order valence-corrected chi connectivity index (χ2v) is 7.61. The summed E-state index contributed by atoms with van der Waals surface area (Å²) in [4.78, 5) is 0.166. The van der Waals surface area contributed by atoms with Gasteiger partial charge in [0.25, 0.3) is 10.0 Å². The highest BCUT2D eigenvalue weighted by Gasteiger charge is 2.20. The van der Waals surface area contributed by atoms with Crippen molar-refractivity contribution < 1.29 is 12.8 Å². The predicted octanol–water partition coefficient (Wildman–Crippen LogP) is 3.75. The Kier molecular flexibility index (Phi) is 3.93. The molecule has 4 rings (SSSR count). The first-order chi connectivity index (χ1) is 12.6. The lowest BCUT2D eigenvalue weighted by Gasteiger charge is -2.04. The Bertz CT molecular complexity index is 1140. The van der Waals surface area contributed by atoms with Crippen LogP contribution in [0.5, 0.6) is 0 Å². The van der Waals surface area contributed by atoms with Crippen molar-refractivity contribution in [2.75, 3.05) is 0 Å². The molecule has 0 N–H and O–H groups in total. The lowest BCUT2D eigenvalue weighted by atomic mass is 10.0. The molecule has 0 unspecified atom stereocenters. The van der Waals surface area contributed by atoms with Crippen LogP contribution in [0.25, 0.3) is 22.6 Å². The number of furan rings is 1. The molecule has 0 spiro atoms. The first-order valence-electron chi connectivity index (χ1n) is 7.93. The number of hydrogen-bond acceptors (Lipinski definition) is 5. The topological polar surface area (TPSA) is 78.0 Å². The zero-order valence-electron chi connectivity index (χ0n) is 13.9. The molecule has 0 aliphatic carbocycles. The van der Waals surface area contributed by atoms with Gasteiger partial charge >= 0.3 is 0 Å². The van der Waals surface area contributed by atoms with E-state index in [1.807, 2.05) is 37.3 Å². The van der Waals surface area contributed by atoms with Crippen LogP contribution in [0.3, 0.4) is 0 Å². The van der Waals surface area contributed by atoms with E-state index in [1.165, 1.54) is 6.20 Å². The van der Waals surface area contributed by atoms with Crippen molar-refractivity contribution in [2.24, 2.45) is 0 Å². The summed E-state index contributed by atoms with van der Waals surface area (Å²) in [6, 6.07) is 17.7. The predicted molar refractivity (Wildman–Crippen MR) is 96.9 cm³/mol. The van der Waals surface area contributed by atoms with E-state index in [0.717, 1.165) is 20.8 Å². The molecule has 0 saturated carbocycles. The normalized spacial score (nSPS) is 11.6. The maximum absolute atomic E-state index is 12.7. The molecule has 26 heavy (non-hydrogen) atoms. The highest BCUT2D eigenvalue weighted by atomic mass is 32.2. The Hall–Kier alpha value is -3.19. The zero-order chi connectivity index (χ0) is 18.1. The number of aromatic nitrogens is 3. The van der Waals surface area contributed by atoms with Crippen molar-refractivity contribution in [1.29, 1.82) is 0 Å². The number of hydrogen-bond donors (Lipinski definition) is 0. The SMILES string of the molecule is Cc1ccc(S(=O)(=O)n2cc(-c3ccccc3-c3ccco3)nn2)cc1. The molecule has 130 valence electrons. The molecular formula is C19H15N3O3S. The highest BCUT2D eigenvalue weighted by Crippen LogP contribution is 2.31. The van der Waals surface area contributed by atoms with Crippen molar-refractivity contribution in [3.63, 3.8) is 0 Å². The average molecular weight is 365 g/mol. The molecule has 0 aliphatic heterocycles. The van der Waals surface area contributed by atoms with Crippen LogP contribution in [-0.2, 0) is 10.0 Å². The van der Waals surface area contributed by atoms with E-state index < -0.39 is 10.0 Å². The minimum Gasteiger partial charge on any atom is -0.464 e. The van der Waals surface area contributed by atoms with Gasteiger partial charge in [-0.3, -0.25) is 0 Å². The Labute approximate surface area is 150 Å². The second kappa shape index (κ2) is 6.27. The summed E-state index contributed by atoms with van der Waals surface area (Å²) in [6.45, 7) is 1.90. The van der Waals surface area contributed by atoms with Gasteiger partial charge in [0.15, 0.2) is 0 Å². The maximum Gasteiger partial charge on any atom is 0.284 e. The Morgan fingerprint density at radius 3 is 2.35 bits per heavy atom. The standard InChI is InChI=1S/C19H15N3O3S/c1-14-8-10-15(11-9-14)26(23,24)22-13-18(20-21-22)16-5-2-3-6-17(16)19-7-4-12-25-19/h2-13H,1H3. The third-order valence-corrected chi connectivity index (χ3v) is 5.57. The van der Waals surface area contributed by atoms with E-state index in [2.05, 4.69) is 10.3 Å². The van der Waals surface area contributed by atoms with E-state index in [0.29, 0.717) is 11.5 Å². The minimum absolute atomic E-state index is 0.166. The molecule has 2 aromatic heterocycles. The third kappa shape index (κ3) is 2.82. The molecule has 2 aromatic carbocycles. The van der Waals surface area contributed by atoms with E-state index in [-0.39, 0.29) is 4.90 Å². The smallest absolute Gasteiger partial charge is 0.284 e. The van der Waals surface area contributed by atoms with Crippen LogP contribution < -0.4 is 0 Å². The fourth-order valence-corrected chi connectivity index (χ4v) is 3.73. The fourth-order valence-electron chi connectivity index (χ4n) is 2.66. The molecule has 0 fully saturated rings. The second-order valence-electron chi connectivity index (χ2n) is 5.82. The van der Waals surface area contributed by atoms with Crippen LogP contribution in [0.15, 0.2) is 82.4 Å². The molecule has 2 heterocycles. The Balaban J connectivity index is 1.77. The summed E-state index contributed by atoms with van der Waals surface area (Å²) < 4.78 is 31.8. The Morgan fingerprint density at radius 2 is 1.65 bits per heavy atom. The van der Waals surface area contributed by atoms with Gasteiger partial charge in [0.1, 0.15) is 11.5 Å². The summed E-state index contributed by atoms with van der Waals surface area (Å²) in [5.41, 5.74) is 2.99. The number of aryl methyl sites for hydroxylation is 1. The van der Waals surface area contributed by atoms with Gasteiger partial charge in [0.2, 0.25) is 0 Å². The van der Waals surface area contributed by atoms with Crippen molar-refractivity contribution in [2.45, 2.75) is 11.8 Å². The summed E-state index contributed by atoms with van der Waals surface area (Å²) in [5.74, 6) is 0.677. The van der Waals surface area contributed by atoms with Crippen LogP contribution in [-0.4, -0.2) is 22.8 Å². The van der Waals surface area contributed by atoms with Gasteiger partial charge in [0.05, 0.1) is 17.4 Å². The third-order valence-electron chi connectivity index (χ3n) is 4.03. The van der Waals surface area contributed by atoms with Crippen LogP contribution in [0.4, 0.5) is 0 Å². The van der Waals surface area contributed by atoms with Gasteiger partial charge in [-0.25, -0.2) is 0 Å². The minimum atomic E-state index is -3.79. The Morgan fingerprint density at radius 1 is 0.923 bits per heavy atom. The summed E-state index contributed by atoms with van der Waals surface area (Å²) >= 11 is 0. The van der Waals surface area contributed by atoms with Crippen LogP contribution in [0.2, 0.25) is 0 Å². The van der Waals surface area contributed by atoms with Gasteiger partial charge in [-0.15, -0.1) is 9.19 Å². The van der Waals surface area contributed by atoms with E-state index in [1.54, 1.807) is 36.6 Å². The highest BCUT2D eigenvalue weighted by molar-refractivity contribution is 7.89. The first kappa shape index (κ1) is 16.3. The molecule has 0 saturated heterocycles. The van der Waals surface area contributed by atoms with E-state index >= 15 is 0 Å². The van der Waals surface area contributed by atoms with Gasteiger partial charge in [0, 0.05) is 11.1 Å². The number of rotatable bonds is 4. The average Bonchev–Trinajstić information content (AvgIpc) is 3.34. The molecule has 7 heteroatoms. The fraction of sp³-hybridized carbons (Fsp3) is 0.0526. The van der Waals surface area contributed by atoms with E-state index in [9.17, 15) is 8.42 Å². The summed E-state index contributed by atoms with van der Waals surface area (Å²) in [5, 5.41) is 7.89. The van der Waals surface area contributed by atoms with Crippen molar-refractivity contribution in [1.82, 2.24) is 14.4 Å². The molecular weight excluding hydrogens is 350 g/mol. The molecule has 0 atom stereocenters. The lowest BCUT2D eigenvalue weighted by molar-refractivity contribution is 0.577.